The first kappa shape index (κ1) is 20.6. The number of amides is 1. The Morgan fingerprint density at radius 3 is 2.43 bits per heavy atom. The molecule has 28 heavy (non-hydrogen) atoms. The minimum atomic E-state index is -3.49. The normalized spacial score (nSPS) is 15.6. The maximum atomic E-state index is 12.6. The summed E-state index contributed by atoms with van der Waals surface area (Å²) in [6.45, 7) is 5.58. The highest BCUT2D eigenvalue weighted by Gasteiger charge is 2.24. The molecule has 5 nitrogen and oxygen atoms in total. The number of nitrogens with zero attached hydrogens (tertiary/aromatic N) is 1. The van der Waals surface area contributed by atoms with Gasteiger partial charge in [0.15, 0.2) is 0 Å². The highest BCUT2D eigenvalue weighted by molar-refractivity contribution is 7.89. The predicted octanol–water partition coefficient (Wildman–Crippen LogP) is 3.52. The number of hydrogen-bond acceptors (Lipinski definition) is 3. The van der Waals surface area contributed by atoms with Gasteiger partial charge < -0.3 is 4.90 Å². The zero-order valence-corrected chi connectivity index (χ0v) is 17.3. The van der Waals surface area contributed by atoms with Crippen LogP contribution in [0.1, 0.15) is 40.7 Å². The van der Waals surface area contributed by atoms with E-state index in [-0.39, 0.29) is 5.91 Å². The van der Waals surface area contributed by atoms with E-state index in [0.717, 1.165) is 49.0 Å². The molecule has 1 saturated heterocycles. The van der Waals surface area contributed by atoms with E-state index in [1.807, 2.05) is 61.2 Å². The molecule has 6 heteroatoms. The molecule has 0 aliphatic carbocycles. The number of sulfonamides is 1. The number of aryl methyl sites for hydroxylation is 2. The van der Waals surface area contributed by atoms with Crippen LogP contribution < -0.4 is 4.72 Å². The summed E-state index contributed by atoms with van der Waals surface area (Å²) in [5, 5.41) is 0. The molecule has 0 spiro atoms. The second-order valence-corrected chi connectivity index (χ2v) is 9.29. The maximum absolute atomic E-state index is 12.6. The minimum absolute atomic E-state index is 0.0784. The molecule has 3 rings (SSSR count). The largest absolute Gasteiger partial charge is 0.339 e. The van der Waals surface area contributed by atoms with Crippen LogP contribution in [-0.2, 0) is 10.0 Å². The summed E-state index contributed by atoms with van der Waals surface area (Å²) in [5.41, 5.74) is 2.41. The van der Waals surface area contributed by atoms with Crippen molar-refractivity contribution in [3.8, 4) is 0 Å². The molecule has 0 aromatic heterocycles. The van der Waals surface area contributed by atoms with Crippen molar-refractivity contribution in [2.45, 2.75) is 38.0 Å². The molecule has 1 N–H and O–H groups in total. The zero-order chi connectivity index (χ0) is 20.1. The lowest BCUT2D eigenvalue weighted by Gasteiger charge is -2.32. The third-order valence-electron chi connectivity index (χ3n) is 5.40. The molecule has 0 bridgehead atoms. The van der Waals surface area contributed by atoms with Crippen molar-refractivity contribution in [1.29, 1.82) is 0 Å². The number of hydrogen-bond donors (Lipinski definition) is 1. The summed E-state index contributed by atoms with van der Waals surface area (Å²) in [5.74, 6) is 0.510. The van der Waals surface area contributed by atoms with Crippen LogP contribution in [0.25, 0.3) is 0 Å². The number of piperidine rings is 1. The van der Waals surface area contributed by atoms with Crippen molar-refractivity contribution >= 4 is 15.9 Å². The van der Waals surface area contributed by atoms with E-state index in [9.17, 15) is 13.2 Å². The van der Waals surface area contributed by atoms with E-state index in [1.54, 1.807) is 6.07 Å². The molecule has 1 heterocycles. The van der Waals surface area contributed by atoms with Gasteiger partial charge >= 0.3 is 0 Å². The number of nitrogens with one attached hydrogen (secondary N) is 1. The number of benzene rings is 2. The highest BCUT2D eigenvalue weighted by Crippen LogP contribution is 2.22. The Balaban J connectivity index is 1.48. The average molecular weight is 401 g/mol. The SMILES string of the molecule is Cc1ccc(C)c(S(=O)(=O)NCCC2CCN(C(=O)c3ccccc3)CC2)c1. The molecular formula is C22H28N2O3S. The Morgan fingerprint density at radius 2 is 1.75 bits per heavy atom. The molecule has 2 aromatic carbocycles. The van der Waals surface area contributed by atoms with Crippen molar-refractivity contribution in [3.63, 3.8) is 0 Å². The fourth-order valence-corrected chi connectivity index (χ4v) is 5.04. The number of carbonyl (C=O) groups is 1. The van der Waals surface area contributed by atoms with Crippen molar-refractivity contribution in [1.82, 2.24) is 9.62 Å². The molecule has 1 aliphatic rings. The molecule has 1 aliphatic heterocycles. The topological polar surface area (TPSA) is 66.5 Å². The second kappa shape index (κ2) is 8.88. The molecule has 2 aromatic rings. The van der Waals surface area contributed by atoms with Gasteiger partial charge in [-0.2, -0.15) is 0 Å². The minimum Gasteiger partial charge on any atom is -0.339 e. The number of rotatable bonds is 6. The van der Waals surface area contributed by atoms with E-state index in [4.69, 9.17) is 0 Å². The standard InChI is InChI=1S/C22H28N2O3S/c1-17-8-9-18(2)21(16-17)28(26,27)23-13-10-19-11-14-24(15-12-19)22(25)20-6-4-3-5-7-20/h3-9,16,19,23H,10-15H2,1-2H3. The number of likely N-dealkylation sites (tertiary alicyclic amines) is 1. The highest BCUT2D eigenvalue weighted by atomic mass is 32.2. The van der Waals surface area contributed by atoms with Crippen LogP contribution in [0.15, 0.2) is 53.4 Å². The summed E-state index contributed by atoms with van der Waals surface area (Å²) < 4.78 is 27.9. The average Bonchev–Trinajstić information content (AvgIpc) is 2.70. The van der Waals surface area contributed by atoms with Crippen LogP contribution in [0.3, 0.4) is 0 Å². The van der Waals surface area contributed by atoms with E-state index in [2.05, 4.69) is 4.72 Å². The van der Waals surface area contributed by atoms with E-state index in [1.165, 1.54) is 0 Å². The summed E-state index contributed by atoms with van der Waals surface area (Å²) >= 11 is 0. The molecule has 1 fully saturated rings. The van der Waals surface area contributed by atoms with E-state index >= 15 is 0 Å². The van der Waals surface area contributed by atoms with Crippen LogP contribution in [0.5, 0.6) is 0 Å². The Morgan fingerprint density at radius 1 is 1.07 bits per heavy atom. The lowest BCUT2D eigenvalue weighted by atomic mass is 9.93. The van der Waals surface area contributed by atoms with Gasteiger partial charge in [0.05, 0.1) is 4.90 Å². The van der Waals surface area contributed by atoms with Gasteiger partial charge in [-0.3, -0.25) is 4.79 Å². The van der Waals surface area contributed by atoms with Crippen molar-refractivity contribution in [2.75, 3.05) is 19.6 Å². The Kier molecular flexibility index (Phi) is 6.52. The number of carbonyl (C=O) groups excluding carboxylic acids is 1. The summed E-state index contributed by atoms with van der Waals surface area (Å²) in [7, 11) is -3.49. The molecule has 0 atom stereocenters. The quantitative estimate of drug-likeness (QED) is 0.807. The van der Waals surface area contributed by atoms with Crippen molar-refractivity contribution in [3.05, 3.63) is 65.2 Å². The molecule has 0 unspecified atom stereocenters. The van der Waals surface area contributed by atoms with Gasteiger partial charge in [-0.1, -0.05) is 30.3 Å². The Bertz CT molecular complexity index is 918. The maximum Gasteiger partial charge on any atom is 0.253 e. The first-order chi connectivity index (χ1) is 13.4. The summed E-state index contributed by atoms with van der Waals surface area (Å²) in [4.78, 5) is 14.8. The van der Waals surface area contributed by atoms with Crippen LogP contribution in [-0.4, -0.2) is 38.9 Å². The van der Waals surface area contributed by atoms with E-state index in [0.29, 0.717) is 17.4 Å². The van der Waals surface area contributed by atoms with Gasteiger partial charge in [0.25, 0.3) is 5.91 Å². The zero-order valence-electron chi connectivity index (χ0n) is 16.5. The van der Waals surface area contributed by atoms with Crippen LogP contribution >= 0.6 is 0 Å². The van der Waals surface area contributed by atoms with Gasteiger partial charge in [-0.05, 0) is 68.4 Å². The first-order valence-electron chi connectivity index (χ1n) is 9.78. The lowest BCUT2D eigenvalue weighted by molar-refractivity contribution is 0.0687. The lowest BCUT2D eigenvalue weighted by Crippen LogP contribution is -2.39. The van der Waals surface area contributed by atoms with Crippen LogP contribution in [0, 0.1) is 19.8 Å². The first-order valence-corrected chi connectivity index (χ1v) is 11.3. The monoisotopic (exact) mass is 400 g/mol. The molecular weight excluding hydrogens is 372 g/mol. The molecule has 1 amide bonds. The molecule has 150 valence electrons. The smallest absolute Gasteiger partial charge is 0.253 e. The van der Waals surface area contributed by atoms with Gasteiger partial charge in [-0.15, -0.1) is 0 Å². The van der Waals surface area contributed by atoms with Gasteiger partial charge in [0.1, 0.15) is 0 Å². The van der Waals surface area contributed by atoms with Gasteiger partial charge in [0, 0.05) is 25.2 Å². The Labute approximate surface area is 167 Å². The van der Waals surface area contributed by atoms with Gasteiger partial charge in [0.2, 0.25) is 10.0 Å². The van der Waals surface area contributed by atoms with Crippen molar-refractivity contribution < 1.29 is 13.2 Å². The summed E-state index contributed by atoms with van der Waals surface area (Å²) in [6, 6.07) is 14.8. The van der Waals surface area contributed by atoms with Crippen molar-refractivity contribution in [2.24, 2.45) is 5.92 Å². The summed E-state index contributed by atoms with van der Waals surface area (Å²) in [6.07, 6.45) is 2.60. The fraction of sp³-hybridized carbons (Fsp3) is 0.409. The predicted molar refractivity (Wildman–Crippen MR) is 111 cm³/mol. The fourth-order valence-electron chi connectivity index (χ4n) is 3.66. The van der Waals surface area contributed by atoms with Crippen LogP contribution in [0.4, 0.5) is 0 Å². The second-order valence-electron chi connectivity index (χ2n) is 7.56. The van der Waals surface area contributed by atoms with Gasteiger partial charge in [-0.25, -0.2) is 13.1 Å². The third kappa shape index (κ3) is 5.00. The Hall–Kier alpha value is -2.18. The molecule has 0 radical (unpaired) electrons. The molecule has 0 saturated carbocycles. The van der Waals surface area contributed by atoms with Crippen LogP contribution in [0.2, 0.25) is 0 Å². The van der Waals surface area contributed by atoms with E-state index < -0.39 is 10.0 Å². The third-order valence-corrected chi connectivity index (χ3v) is 7.00.